The molecule has 2 aromatic carbocycles. The van der Waals surface area contributed by atoms with E-state index in [0.29, 0.717) is 30.6 Å². The number of carbonyl (C=O) groups excluding carboxylic acids is 3. The molecule has 1 aliphatic heterocycles. The van der Waals surface area contributed by atoms with Gasteiger partial charge in [0.05, 0.1) is 12.8 Å². The standard InChI is InChI=1S/C21H16I2N2O6/c1-2-12-5-3-4-6-16(12)25-20(29)13(19(28)24-21(25)30)7-11-8-14(22)18(15(23)9-11)31-10-17(26)27/h3-9H,2,10H2,1H3,(H,26,27)(H,24,28,30)/b13-7+. The summed E-state index contributed by atoms with van der Waals surface area (Å²) in [7, 11) is 0. The van der Waals surface area contributed by atoms with Gasteiger partial charge in [0.2, 0.25) is 0 Å². The number of ether oxygens (including phenoxy) is 1. The van der Waals surface area contributed by atoms with Gasteiger partial charge in [-0.2, -0.15) is 0 Å². The van der Waals surface area contributed by atoms with Crippen LogP contribution in [0.25, 0.3) is 6.08 Å². The number of carboxylic acid groups (broad SMARTS) is 1. The Balaban J connectivity index is 1.99. The Bertz CT molecular complexity index is 1110. The number of hydrogen-bond acceptors (Lipinski definition) is 5. The van der Waals surface area contributed by atoms with Crippen LogP contribution in [-0.2, 0) is 20.8 Å². The van der Waals surface area contributed by atoms with Gasteiger partial charge in [-0.05, 0) is 87.0 Å². The van der Waals surface area contributed by atoms with Crippen molar-refractivity contribution >= 4 is 80.8 Å². The summed E-state index contributed by atoms with van der Waals surface area (Å²) in [5, 5.41) is 11.0. The molecule has 0 aliphatic carbocycles. The highest BCUT2D eigenvalue weighted by Gasteiger charge is 2.37. The van der Waals surface area contributed by atoms with E-state index in [2.05, 4.69) is 5.32 Å². The molecular weight excluding hydrogens is 630 g/mol. The van der Waals surface area contributed by atoms with Gasteiger partial charge < -0.3 is 9.84 Å². The van der Waals surface area contributed by atoms with Gasteiger partial charge in [0.15, 0.2) is 6.61 Å². The van der Waals surface area contributed by atoms with Crippen molar-refractivity contribution in [2.75, 3.05) is 11.5 Å². The topological polar surface area (TPSA) is 113 Å². The summed E-state index contributed by atoms with van der Waals surface area (Å²) in [6.07, 6.45) is 2.01. The van der Waals surface area contributed by atoms with Crippen molar-refractivity contribution in [3.8, 4) is 5.75 Å². The number of barbiturate groups is 1. The number of urea groups is 1. The fourth-order valence-electron chi connectivity index (χ4n) is 3.01. The number of amides is 4. The molecule has 8 nitrogen and oxygen atoms in total. The number of hydrogen-bond donors (Lipinski definition) is 2. The first-order valence-electron chi connectivity index (χ1n) is 9.06. The van der Waals surface area contributed by atoms with Gasteiger partial charge in [0.25, 0.3) is 11.8 Å². The Labute approximate surface area is 204 Å². The lowest BCUT2D eigenvalue weighted by molar-refractivity contribution is -0.139. The molecule has 1 heterocycles. The van der Waals surface area contributed by atoms with Crippen LogP contribution in [-0.4, -0.2) is 35.5 Å². The molecule has 0 atom stereocenters. The molecule has 0 bridgehead atoms. The van der Waals surface area contributed by atoms with E-state index in [1.807, 2.05) is 64.2 Å². The van der Waals surface area contributed by atoms with Gasteiger partial charge in [-0.3, -0.25) is 14.9 Å². The number of aryl methyl sites for hydroxylation is 1. The van der Waals surface area contributed by atoms with Crippen molar-refractivity contribution < 1.29 is 29.0 Å². The maximum Gasteiger partial charge on any atom is 0.341 e. The molecule has 4 amide bonds. The number of halogens is 2. The van der Waals surface area contributed by atoms with Crippen molar-refractivity contribution in [1.29, 1.82) is 0 Å². The van der Waals surface area contributed by atoms with E-state index >= 15 is 0 Å². The minimum atomic E-state index is -1.10. The molecule has 10 heteroatoms. The summed E-state index contributed by atoms with van der Waals surface area (Å²) in [4.78, 5) is 49.7. The van der Waals surface area contributed by atoms with Crippen molar-refractivity contribution in [3.63, 3.8) is 0 Å². The lowest BCUT2D eigenvalue weighted by Crippen LogP contribution is -2.54. The van der Waals surface area contributed by atoms with Gasteiger partial charge in [-0.15, -0.1) is 0 Å². The molecule has 0 spiro atoms. The monoisotopic (exact) mass is 646 g/mol. The van der Waals surface area contributed by atoms with E-state index in [1.54, 1.807) is 24.3 Å². The Kier molecular flexibility index (Phi) is 7.30. The van der Waals surface area contributed by atoms with E-state index in [0.717, 1.165) is 10.5 Å². The van der Waals surface area contributed by atoms with E-state index in [9.17, 15) is 19.2 Å². The number of nitrogens with zero attached hydrogens (tertiary/aromatic N) is 1. The highest BCUT2D eigenvalue weighted by atomic mass is 127. The summed E-state index contributed by atoms with van der Waals surface area (Å²) in [6, 6.07) is 9.53. The normalized spacial score (nSPS) is 15.3. The number of benzene rings is 2. The predicted molar refractivity (Wildman–Crippen MR) is 130 cm³/mol. The van der Waals surface area contributed by atoms with Crippen LogP contribution >= 0.6 is 45.2 Å². The number of imide groups is 2. The summed E-state index contributed by atoms with van der Waals surface area (Å²) in [5.41, 5.74) is 1.57. The van der Waals surface area contributed by atoms with Gasteiger partial charge in [-0.1, -0.05) is 25.1 Å². The van der Waals surface area contributed by atoms with Crippen LogP contribution < -0.4 is 15.0 Å². The van der Waals surface area contributed by atoms with Crippen LogP contribution in [0, 0.1) is 7.14 Å². The molecule has 3 rings (SSSR count). The van der Waals surface area contributed by atoms with Crippen molar-refractivity contribution in [1.82, 2.24) is 5.32 Å². The van der Waals surface area contributed by atoms with Crippen molar-refractivity contribution in [2.24, 2.45) is 0 Å². The Morgan fingerprint density at radius 3 is 2.42 bits per heavy atom. The summed E-state index contributed by atoms with van der Waals surface area (Å²) in [5.74, 6) is -2.19. The number of rotatable bonds is 6. The molecule has 2 N–H and O–H groups in total. The van der Waals surface area contributed by atoms with Gasteiger partial charge >= 0.3 is 12.0 Å². The SMILES string of the molecule is CCc1ccccc1N1C(=O)NC(=O)/C(=C\c2cc(I)c(OCC(=O)O)c(I)c2)C1=O. The first-order valence-corrected chi connectivity index (χ1v) is 11.2. The zero-order chi connectivity index (χ0) is 22.7. The van der Waals surface area contributed by atoms with Crippen LogP contribution in [0.5, 0.6) is 5.75 Å². The van der Waals surface area contributed by atoms with Gasteiger partial charge in [0, 0.05) is 0 Å². The third-order valence-electron chi connectivity index (χ3n) is 4.39. The number of carbonyl (C=O) groups is 4. The van der Waals surface area contributed by atoms with E-state index in [4.69, 9.17) is 9.84 Å². The van der Waals surface area contributed by atoms with Gasteiger partial charge in [-0.25, -0.2) is 14.5 Å². The molecule has 2 aromatic rings. The molecule has 160 valence electrons. The minimum Gasteiger partial charge on any atom is -0.480 e. The molecule has 1 aliphatic rings. The minimum absolute atomic E-state index is 0.184. The number of anilines is 1. The predicted octanol–water partition coefficient (Wildman–Crippen LogP) is 3.59. The largest absolute Gasteiger partial charge is 0.480 e. The number of aliphatic carboxylic acids is 1. The lowest BCUT2D eigenvalue weighted by atomic mass is 10.0. The zero-order valence-corrected chi connectivity index (χ0v) is 20.5. The van der Waals surface area contributed by atoms with Crippen LogP contribution in [0.4, 0.5) is 10.5 Å². The van der Waals surface area contributed by atoms with Crippen LogP contribution in [0.2, 0.25) is 0 Å². The number of carboxylic acids is 1. The summed E-state index contributed by atoms with van der Waals surface area (Å²) < 4.78 is 6.53. The second-order valence-electron chi connectivity index (χ2n) is 6.44. The maximum absolute atomic E-state index is 13.1. The third-order valence-corrected chi connectivity index (χ3v) is 5.99. The van der Waals surface area contributed by atoms with E-state index < -0.39 is 30.4 Å². The third kappa shape index (κ3) is 5.06. The first-order chi connectivity index (χ1) is 14.7. The highest BCUT2D eigenvalue weighted by Crippen LogP contribution is 2.31. The molecule has 31 heavy (non-hydrogen) atoms. The average molecular weight is 646 g/mol. The fraction of sp³-hybridized carbons (Fsp3) is 0.143. The average Bonchev–Trinajstić information content (AvgIpc) is 2.70. The maximum atomic E-state index is 13.1. The smallest absolute Gasteiger partial charge is 0.341 e. The van der Waals surface area contributed by atoms with Gasteiger partial charge in [0.1, 0.15) is 11.3 Å². The lowest BCUT2D eigenvalue weighted by Gasteiger charge is -2.28. The number of para-hydroxylation sites is 1. The Morgan fingerprint density at radius 2 is 1.81 bits per heavy atom. The highest BCUT2D eigenvalue weighted by molar-refractivity contribution is 14.1. The molecule has 0 unspecified atom stereocenters. The molecule has 0 aromatic heterocycles. The Hall–Kier alpha value is -2.48. The molecule has 1 saturated heterocycles. The number of nitrogens with one attached hydrogen (secondary N) is 1. The molecule has 0 saturated carbocycles. The quantitative estimate of drug-likeness (QED) is 0.282. The van der Waals surface area contributed by atoms with Crippen LogP contribution in [0.15, 0.2) is 42.0 Å². The second-order valence-corrected chi connectivity index (χ2v) is 8.76. The Morgan fingerprint density at radius 1 is 1.16 bits per heavy atom. The molecule has 0 radical (unpaired) electrons. The second kappa shape index (κ2) is 9.77. The fourth-order valence-corrected chi connectivity index (χ4v) is 5.13. The van der Waals surface area contributed by atoms with Crippen molar-refractivity contribution in [2.45, 2.75) is 13.3 Å². The summed E-state index contributed by atoms with van der Waals surface area (Å²) in [6.45, 7) is 1.42. The zero-order valence-electron chi connectivity index (χ0n) is 16.1. The molecular formula is C21H16I2N2O6. The van der Waals surface area contributed by atoms with E-state index in [-0.39, 0.29) is 5.57 Å². The molecule has 1 fully saturated rings. The summed E-state index contributed by atoms with van der Waals surface area (Å²) >= 11 is 3.97. The van der Waals surface area contributed by atoms with Crippen molar-refractivity contribution in [3.05, 3.63) is 60.2 Å². The first kappa shape index (κ1) is 23.2. The van der Waals surface area contributed by atoms with E-state index in [1.165, 1.54) is 6.08 Å². The van der Waals surface area contributed by atoms with Crippen LogP contribution in [0.1, 0.15) is 18.1 Å². The van der Waals surface area contributed by atoms with Crippen LogP contribution in [0.3, 0.4) is 0 Å².